The lowest BCUT2D eigenvalue weighted by atomic mass is 10.0. The molecule has 0 fully saturated rings. The van der Waals surface area contributed by atoms with E-state index in [1.54, 1.807) is 43.5 Å². The Bertz CT molecular complexity index is 1310. The van der Waals surface area contributed by atoms with Crippen molar-refractivity contribution in [2.24, 2.45) is 5.10 Å². The first-order valence-electron chi connectivity index (χ1n) is 10.0. The summed E-state index contributed by atoms with van der Waals surface area (Å²) >= 11 is 0. The number of hydrazone groups is 1. The van der Waals surface area contributed by atoms with E-state index in [2.05, 4.69) is 10.2 Å². The van der Waals surface area contributed by atoms with Crippen LogP contribution in [0.3, 0.4) is 0 Å². The van der Waals surface area contributed by atoms with E-state index in [-0.39, 0.29) is 24.6 Å². The first kappa shape index (κ1) is 21.6. The molecule has 0 radical (unpaired) electrons. The Balaban J connectivity index is 1.76. The Morgan fingerprint density at radius 3 is 2.64 bits per heavy atom. The lowest BCUT2D eigenvalue weighted by molar-refractivity contribution is -0.384. The van der Waals surface area contributed by atoms with Gasteiger partial charge in [-0.3, -0.25) is 24.4 Å². The van der Waals surface area contributed by atoms with Crippen LogP contribution in [0.4, 0.5) is 11.4 Å². The summed E-state index contributed by atoms with van der Waals surface area (Å²) in [4.78, 5) is 34.8. The largest absolute Gasteiger partial charge is 0.481 e. The number of non-ortho nitro benzene ring substituents is 1. The van der Waals surface area contributed by atoms with E-state index < -0.39 is 10.9 Å². The second kappa shape index (κ2) is 8.87. The monoisotopic (exact) mass is 445 g/mol. The van der Waals surface area contributed by atoms with Crippen molar-refractivity contribution >= 4 is 35.0 Å². The van der Waals surface area contributed by atoms with Crippen LogP contribution in [0.5, 0.6) is 0 Å². The number of carbonyl (C=O) groups is 2. The fourth-order valence-corrected chi connectivity index (χ4v) is 3.44. The van der Waals surface area contributed by atoms with Crippen LogP contribution >= 0.6 is 0 Å². The molecule has 166 valence electrons. The number of aromatic nitrogens is 2. The van der Waals surface area contributed by atoms with Gasteiger partial charge in [-0.1, -0.05) is 30.3 Å². The van der Waals surface area contributed by atoms with Crippen molar-refractivity contribution in [3.05, 3.63) is 82.0 Å². The van der Waals surface area contributed by atoms with Crippen LogP contribution in [-0.2, 0) is 16.1 Å². The third kappa shape index (κ3) is 4.54. The fourth-order valence-electron chi connectivity index (χ4n) is 3.44. The highest BCUT2D eigenvalue weighted by Gasteiger charge is 2.29. The summed E-state index contributed by atoms with van der Waals surface area (Å²) in [6, 6.07) is 15.0. The molecule has 0 aliphatic carbocycles. The van der Waals surface area contributed by atoms with E-state index in [0.29, 0.717) is 33.8 Å². The van der Waals surface area contributed by atoms with E-state index in [1.807, 2.05) is 18.2 Å². The lowest BCUT2D eigenvalue weighted by Gasteiger charge is -2.11. The highest BCUT2D eigenvalue weighted by Crippen LogP contribution is 2.30. The zero-order valence-electron chi connectivity index (χ0n) is 17.6. The summed E-state index contributed by atoms with van der Waals surface area (Å²) in [7, 11) is 0. The number of nitro groups is 1. The number of carboxylic acid groups (broad SMARTS) is 1. The number of hydrogen-bond donors (Lipinski definition) is 1. The van der Waals surface area contributed by atoms with Crippen molar-refractivity contribution in [1.29, 1.82) is 0 Å². The molecule has 33 heavy (non-hydrogen) atoms. The maximum atomic E-state index is 13.1. The minimum Gasteiger partial charge on any atom is -0.481 e. The van der Waals surface area contributed by atoms with Crippen LogP contribution in [0.25, 0.3) is 17.3 Å². The predicted octanol–water partition coefficient (Wildman–Crippen LogP) is 3.74. The topological polar surface area (TPSA) is 131 Å². The first-order chi connectivity index (χ1) is 15.8. The quantitative estimate of drug-likeness (QED) is 0.335. The van der Waals surface area contributed by atoms with Crippen LogP contribution in [-0.4, -0.2) is 37.4 Å². The predicted molar refractivity (Wildman–Crippen MR) is 122 cm³/mol. The second-order valence-corrected chi connectivity index (χ2v) is 7.34. The first-order valence-corrected chi connectivity index (χ1v) is 10.0. The number of aliphatic carboxylic acids is 1. The molecule has 0 atom stereocenters. The molecular formula is C23H19N5O5. The second-order valence-electron chi connectivity index (χ2n) is 7.34. The van der Waals surface area contributed by atoms with Gasteiger partial charge in [0.05, 0.1) is 40.6 Å². The van der Waals surface area contributed by atoms with Gasteiger partial charge in [-0.05, 0) is 25.1 Å². The number of rotatable bonds is 7. The molecule has 4 rings (SSSR count). The summed E-state index contributed by atoms with van der Waals surface area (Å²) in [6.07, 6.45) is 3.10. The minimum atomic E-state index is -0.977. The molecule has 10 heteroatoms. The summed E-state index contributed by atoms with van der Waals surface area (Å²) in [5.74, 6) is -1.29. The molecule has 1 aliphatic heterocycles. The average Bonchev–Trinajstić information content (AvgIpc) is 3.34. The van der Waals surface area contributed by atoms with Gasteiger partial charge in [0, 0.05) is 29.5 Å². The Hall–Kier alpha value is -4.60. The average molecular weight is 445 g/mol. The Morgan fingerprint density at radius 2 is 1.94 bits per heavy atom. The standard InChI is InChI=1S/C23H19N5O5/c1-15-20(23(31)27(24-15)18-7-3-2-4-8-18)13-17-14-26(11-10-21(29)30)25-22(17)16-6-5-9-19(12-16)28(32)33/h2-9,12-14H,10-11H2,1H3,(H,29,30). The fraction of sp³-hybridized carbons (Fsp3) is 0.130. The molecule has 1 amide bonds. The van der Waals surface area contributed by atoms with E-state index in [0.717, 1.165) is 0 Å². The zero-order chi connectivity index (χ0) is 23.5. The van der Waals surface area contributed by atoms with Crippen molar-refractivity contribution in [3.63, 3.8) is 0 Å². The van der Waals surface area contributed by atoms with Gasteiger partial charge in [0.1, 0.15) is 0 Å². The Kier molecular flexibility index (Phi) is 5.81. The van der Waals surface area contributed by atoms with Gasteiger partial charge in [0.25, 0.3) is 11.6 Å². The van der Waals surface area contributed by atoms with Crippen LogP contribution in [0.2, 0.25) is 0 Å². The smallest absolute Gasteiger partial charge is 0.305 e. The third-order valence-electron chi connectivity index (χ3n) is 5.04. The van der Waals surface area contributed by atoms with Crippen molar-refractivity contribution in [1.82, 2.24) is 9.78 Å². The van der Waals surface area contributed by atoms with E-state index in [9.17, 15) is 19.7 Å². The van der Waals surface area contributed by atoms with E-state index >= 15 is 0 Å². The van der Waals surface area contributed by atoms with Gasteiger partial charge < -0.3 is 5.11 Å². The number of nitro benzene ring substituents is 1. The van der Waals surface area contributed by atoms with Crippen molar-refractivity contribution in [2.75, 3.05) is 5.01 Å². The zero-order valence-corrected chi connectivity index (χ0v) is 17.6. The number of para-hydroxylation sites is 1. The van der Waals surface area contributed by atoms with Crippen LogP contribution in [0.15, 0.2) is 71.5 Å². The van der Waals surface area contributed by atoms with E-state index in [4.69, 9.17) is 5.11 Å². The molecule has 10 nitrogen and oxygen atoms in total. The molecule has 2 heterocycles. The van der Waals surface area contributed by atoms with Gasteiger partial charge >= 0.3 is 5.97 Å². The van der Waals surface area contributed by atoms with Crippen molar-refractivity contribution in [3.8, 4) is 11.3 Å². The number of aryl methyl sites for hydroxylation is 1. The summed E-state index contributed by atoms with van der Waals surface area (Å²) in [5, 5.41) is 30.3. The highest BCUT2D eigenvalue weighted by molar-refractivity contribution is 6.32. The van der Waals surface area contributed by atoms with Gasteiger partial charge in [-0.2, -0.15) is 15.2 Å². The summed E-state index contributed by atoms with van der Waals surface area (Å²) in [5.41, 5.74) is 2.78. The van der Waals surface area contributed by atoms with Crippen LogP contribution in [0, 0.1) is 10.1 Å². The maximum absolute atomic E-state index is 13.1. The molecule has 0 bridgehead atoms. The molecule has 0 saturated heterocycles. The molecule has 1 aromatic heterocycles. The van der Waals surface area contributed by atoms with Gasteiger partial charge in [0.15, 0.2) is 0 Å². The highest BCUT2D eigenvalue weighted by atomic mass is 16.6. The molecule has 0 saturated carbocycles. The SMILES string of the molecule is CC1=NN(c2ccccc2)C(=O)C1=Cc1cn(CCC(=O)O)nc1-c1cccc([N+](=O)[O-])c1. The summed E-state index contributed by atoms with van der Waals surface area (Å²) < 4.78 is 1.45. The Labute approximate surface area is 188 Å². The van der Waals surface area contributed by atoms with Crippen LogP contribution in [0.1, 0.15) is 18.9 Å². The molecule has 2 aromatic carbocycles. The van der Waals surface area contributed by atoms with Gasteiger partial charge in [0.2, 0.25) is 0 Å². The molecule has 0 spiro atoms. The molecule has 3 aromatic rings. The molecule has 1 N–H and O–H groups in total. The molecule has 0 unspecified atom stereocenters. The number of hydrogen-bond acceptors (Lipinski definition) is 6. The van der Waals surface area contributed by atoms with Crippen molar-refractivity contribution in [2.45, 2.75) is 19.9 Å². The summed E-state index contributed by atoms with van der Waals surface area (Å²) in [6.45, 7) is 1.83. The van der Waals surface area contributed by atoms with Gasteiger partial charge in [-0.25, -0.2) is 0 Å². The Morgan fingerprint density at radius 1 is 1.18 bits per heavy atom. The number of nitrogens with zero attached hydrogens (tertiary/aromatic N) is 5. The van der Waals surface area contributed by atoms with E-state index in [1.165, 1.54) is 21.8 Å². The number of carbonyl (C=O) groups excluding carboxylic acids is 1. The molecular weight excluding hydrogens is 426 g/mol. The van der Waals surface area contributed by atoms with Crippen molar-refractivity contribution < 1.29 is 19.6 Å². The number of carboxylic acids is 1. The number of anilines is 1. The van der Waals surface area contributed by atoms with Gasteiger partial charge in [-0.15, -0.1) is 0 Å². The number of benzene rings is 2. The van der Waals surface area contributed by atoms with Crippen LogP contribution < -0.4 is 5.01 Å². The number of amides is 1. The third-order valence-corrected chi connectivity index (χ3v) is 5.04. The minimum absolute atomic E-state index is 0.101. The maximum Gasteiger partial charge on any atom is 0.305 e. The molecule has 1 aliphatic rings. The lowest BCUT2D eigenvalue weighted by Crippen LogP contribution is -2.21. The normalized spacial score (nSPS) is 14.6.